The van der Waals surface area contributed by atoms with Crippen LogP contribution in [0.15, 0.2) is 98.6 Å². The van der Waals surface area contributed by atoms with Crippen LogP contribution in [0.3, 0.4) is 0 Å². The summed E-state index contributed by atoms with van der Waals surface area (Å²) in [4.78, 5) is 89.2. The number of fused-ring (bicyclic) bond motifs is 3. The van der Waals surface area contributed by atoms with E-state index in [1.54, 1.807) is 30.3 Å². The molecule has 0 radical (unpaired) electrons. The normalized spacial score (nSPS) is 15.1. The van der Waals surface area contributed by atoms with Gasteiger partial charge in [-0.15, -0.1) is 0 Å². The average molecular weight is 889 g/mol. The first-order valence-corrected chi connectivity index (χ1v) is 20.0. The fourth-order valence-corrected chi connectivity index (χ4v) is 7.45. The van der Waals surface area contributed by atoms with E-state index in [4.69, 9.17) is 22.4 Å². The number of benzene rings is 3. The number of carboxylic acids is 2. The molecule has 20 nitrogen and oxygen atoms in total. The van der Waals surface area contributed by atoms with Gasteiger partial charge in [0.1, 0.15) is 23.1 Å². The number of phenols is 1. The molecule has 7 rings (SSSR count). The number of aromatic amines is 1. The predicted octanol–water partition coefficient (Wildman–Crippen LogP) is 2.62. The third-order valence-corrected chi connectivity index (χ3v) is 10.4. The van der Waals surface area contributed by atoms with Crippen molar-refractivity contribution in [3.8, 4) is 17.1 Å². The molecule has 21 heteroatoms. The van der Waals surface area contributed by atoms with Crippen molar-refractivity contribution < 1.29 is 38.9 Å². The number of nitrogens with two attached hydrogens (primary N) is 1. The van der Waals surface area contributed by atoms with Gasteiger partial charge in [-0.25, -0.2) is 19.6 Å². The molecule has 2 atom stereocenters. The number of H-pyrrole nitrogens is 1. The van der Waals surface area contributed by atoms with Gasteiger partial charge in [0.2, 0.25) is 11.9 Å². The van der Waals surface area contributed by atoms with Crippen molar-refractivity contribution in [2.24, 2.45) is 0 Å². The molecule has 11 N–H and O–H groups in total. The number of carboxylic acid groups (broad SMARTS) is 2. The molecule has 2 aliphatic carbocycles. The van der Waals surface area contributed by atoms with Gasteiger partial charge in [0.25, 0.3) is 11.5 Å². The lowest BCUT2D eigenvalue weighted by Crippen LogP contribution is -2.51. The third-order valence-electron chi connectivity index (χ3n) is 10.2. The molecule has 1 aliphatic heterocycles. The van der Waals surface area contributed by atoms with Crippen LogP contribution >= 0.6 is 12.2 Å². The molecule has 328 valence electrons. The second-order valence-electron chi connectivity index (χ2n) is 15.0. The summed E-state index contributed by atoms with van der Waals surface area (Å²) in [7, 11) is 0. The highest BCUT2D eigenvalue weighted by Gasteiger charge is 2.33. The van der Waals surface area contributed by atoms with Gasteiger partial charge in [0, 0.05) is 65.8 Å². The maximum atomic E-state index is 12.9. The van der Waals surface area contributed by atoms with Crippen molar-refractivity contribution in [3.05, 3.63) is 122 Å². The van der Waals surface area contributed by atoms with E-state index in [-0.39, 0.29) is 94.8 Å². The van der Waals surface area contributed by atoms with Gasteiger partial charge >= 0.3 is 11.9 Å². The maximum absolute atomic E-state index is 12.9. The van der Waals surface area contributed by atoms with Gasteiger partial charge in [-0.05, 0) is 85.7 Å². The number of rotatable bonds is 15. The number of nitrogens with one attached hydrogen (secondary N) is 6. The van der Waals surface area contributed by atoms with Crippen molar-refractivity contribution in [3.63, 3.8) is 0 Å². The van der Waals surface area contributed by atoms with Crippen LogP contribution in [0.25, 0.3) is 39.0 Å². The number of thiocarbonyl (C=S) groups is 1. The van der Waals surface area contributed by atoms with E-state index in [1.165, 1.54) is 48.7 Å². The zero-order valence-electron chi connectivity index (χ0n) is 33.9. The summed E-state index contributed by atoms with van der Waals surface area (Å²) in [5, 5.41) is 45.4. The Kier molecular flexibility index (Phi) is 12.6. The maximum Gasteiger partial charge on any atom is 0.335 e. The van der Waals surface area contributed by atoms with E-state index in [0.29, 0.717) is 33.5 Å². The number of aromatic nitrogens is 4. The molecule has 4 aromatic rings. The zero-order chi connectivity index (χ0) is 45.7. The number of hydrogen-bond donors (Lipinski definition) is 10. The molecular weight excluding hydrogens is 849 g/mol. The summed E-state index contributed by atoms with van der Waals surface area (Å²) < 4.78 is 5.94. The minimum Gasteiger partial charge on any atom is -0.508 e. The lowest BCUT2D eigenvalue weighted by atomic mass is 9.79. The highest BCUT2D eigenvalue weighted by atomic mass is 32.1. The van der Waals surface area contributed by atoms with Crippen LogP contribution in [-0.4, -0.2) is 88.8 Å². The first kappa shape index (κ1) is 43.9. The van der Waals surface area contributed by atoms with Gasteiger partial charge in [-0.3, -0.25) is 24.2 Å². The van der Waals surface area contributed by atoms with Crippen LogP contribution in [0.4, 0.5) is 11.6 Å². The number of hydrogen-bond acceptors (Lipinski definition) is 14. The van der Waals surface area contributed by atoms with E-state index in [9.17, 15) is 44.1 Å². The summed E-state index contributed by atoms with van der Waals surface area (Å²) >= 11 is 5.55. The number of carbonyl (C=O) groups is 4. The number of aromatic hydroxyl groups is 1. The highest BCUT2D eigenvalue weighted by Crippen LogP contribution is 2.44. The number of nitrogen functional groups attached to an aromatic ring is 1. The predicted molar refractivity (Wildman–Crippen MR) is 238 cm³/mol. The van der Waals surface area contributed by atoms with Crippen molar-refractivity contribution >= 4 is 80.4 Å². The molecule has 2 amide bonds. The molecule has 3 heterocycles. The van der Waals surface area contributed by atoms with Crippen molar-refractivity contribution in [1.29, 1.82) is 0 Å². The van der Waals surface area contributed by atoms with Crippen LogP contribution < -0.4 is 43.3 Å². The molecule has 0 fully saturated rings. The minimum absolute atomic E-state index is 0.0263. The topological polar surface area (TPSA) is 317 Å². The lowest BCUT2D eigenvalue weighted by molar-refractivity contribution is -0.139. The highest BCUT2D eigenvalue weighted by molar-refractivity contribution is 7.80. The first-order chi connectivity index (χ1) is 30.6. The zero-order valence-corrected chi connectivity index (χ0v) is 34.7. The smallest absolute Gasteiger partial charge is 0.335 e. The molecule has 64 heavy (non-hydrogen) atoms. The van der Waals surface area contributed by atoms with Crippen LogP contribution in [0.2, 0.25) is 0 Å². The second kappa shape index (κ2) is 18.4. The number of nitrogens with zero attached hydrogens (tertiary/aromatic N) is 3. The lowest BCUT2D eigenvalue weighted by Gasteiger charge is -2.34. The summed E-state index contributed by atoms with van der Waals surface area (Å²) in [6.07, 6.45) is 4.37. The SMILES string of the molecule is CC1(NC(=S)NCCNC(=O)CCC(NC(=O)c2ccc(NCc3cnc4nc(N)[nH]c(=O)c4n3)cc2)C(=O)O)C=CC(C(=O)O)=C(c2c3ccc(=O)cc-3oc3cc(O)ccc23)C1. The summed E-state index contributed by atoms with van der Waals surface area (Å²) in [5.41, 5.74) is 6.95. The number of carbonyl (C=O) groups excluding carboxylic acids is 2. The van der Waals surface area contributed by atoms with Crippen molar-refractivity contribution in [2.45, 2.75) is 44.3 Å². The Labute approximate surface area is 367 Å². The Morgan fingerprint density at radius 3 is 2.52 bits per heavy atom. The second-order valence-corrected chi connectivity index (χ2v) is 15.4. The molecule has 3 aliphatic rings. The van der Waals surface area contributed by atoms with Crippen LogP contribution in [-0.2, 0) is 20.9 Å². The van der Waals surface area contributed by atoms with E-state index in [1.807, 2.05) is 6.92 Å². The Morgan fingerprint density at radius 2 is 1.77 bits per heavy atom. The fraction of sp³-hybridized carbons (Fsp3) is 0.209. The van der Waals surface area contributed by atoms with Gasteiger partial charge < -0.3 is 52.1 Å². The monoisotopic (exact) mass is 888 g/mol. The third kappa shape index (κ3) is 10.1. The Morgan fingerprint density at radius 1 is 1.00 bits per heavy atom. The summed E-state index contributed by atoms with van der Waals surface area (Å²) in [5.74, 6) is -3.52. The van der Waals surface area contributed by atoms with Crippen LogP contribution in [0.1, 0.15) is 47.8 Å². The summed E-state index contributed by atoms with van der Waals surface area (Å²) in [6.45, 7) is 2.32. The standard InChI is InChI=1S/C43H40N10O10S/c1-43(13-12-26(39(59)60)29(18-43)34-27-8-6-24(54)16-31(27)63-32-17-25(55)7-9-28(32)34)53-42(64)46-15-14-45-33(56)11-10-30(40(61)62)50-37(57)21-2-4-22(5-3-21)47-19-23-20-48-36-35(49-23)38(58)52-41(44)51-36/h2-9,12-13,16-17,20,30,47,54H,10-11,14-15,18-19H2,1H3,(H,45,56)(H,50,57)(H,59,60)(H,61,62)(H2,46,53,64)(H3,44,48,51,52,58). The Balaban J connectivity index is 0.880. The molecule has 2 aromatic carbocycles. The van der Waals surface area contributed by atoms with Gasteiger partial charge in [-0.1, -0.05) is 6.08 Å². The van der Waals surface area contributed by atoms with Crippen molar-refractivity contribution in [2.75, 3.05) is 24.1 Å². The molecule has 0 saturated heterocycles. The van der Waals surface area contributed by atoms with Gasteiger partial charge in [-0.2, -0.15) is 4.98 Å². The number of aliphatic carboxylic acids is 2. The Hall–Kier alpha value is -8.20. The largest absolute Gasteiger partial charge is 0.508 e. The number of phenolic OH excluding ortho intramolecular Hbond substituents is 1. The fourth-order valence-electron chi connectivity index (χ4n) is 7.12. The van der Waals surface area contributed by atoms with E-state index < -0.39 is 40.9 Å². The molecule has 2 unspecified atom stereocenters. The molecule has 0 bridgehead atoms. The van der Waals surface area contributed by atoms with E-state index in [2.05, 4.69) is 46.5 Å². The van der Waals surface area contributed by atoms with E-state index >= 15 is 0 Å². The van der Waals surface area contributed by atoms with Crippen LogP contribution in [0, 0.1) is 0 Å². The quantitative estimate of drug-likeness (QED) is 0.0402. The molecular formula is C43H40N10O10S. The average Bonchev–Trinajstić information content (AvgIpc) is 3.24. The minimum atomic E-state index is -1.35. The molecule has 0 saturated carbocycles. The first-order valence-electron chi connectivity index (χ1n) is 19.6. The van der Waals surface area contributed by atoms with E-state index in [0.717, 1.165) is 0 Å². The molecule has 2 aromatic heterocycles. The number of amides is 2. The molecule has 0 spiro atoms. The summed E-state index contributed by atoms with van der Waals surface area (Å²) in [6, 6.07) is 13.6. The Bertz CT molecular complexity index is 3000. The van der Waals surface area contributed by atoms with Gasteiger partial charge in [0.05, 0.1) is 29.5 Å². The van der Waals surface area contributed by atoms with Crippen LogP contribution in [0.5, 0.6) is 5.75 Å². The number of anilines is 2. The van der Waals surface area contributed by atoms with Crippen molar-refractivity contribution in [1.82, 2.24) is 41.2 Å². The van der Waals surface area contributed by atoms with Gasteiger partial charge in [0.15, 0.2) is 21.7 Å².